The normalized spacial score (nSPS) is 29.0. The van der Waals surface area contributed by atoms with Gasteiger partial charge in [-0.1, -0.05) is 39.7 Å². The maximum absolute atomic E-state index is 12.8. The lowest BCUT2D eigenvalue weighted by molar-refractivity contribution is -0.167. The second kappa shape index (κ2) is 6.63. The van der Waals surface area contributed by atoms with Gasteiger partial charge in [-0.3, -0.25) is 0 Å². The Labute approximate surface area is 138 Å². The Kier molecular flexibility index (Phi) is 5.19. The van der Waals surface area contributed by atoms with E-state index in [2.05, 4.69) is 6.92 Å². The van der Waals surface area contributed by atoms with Gasteiger partial charge < -0.3 is 14.6 Å². The van der Waals surface area contributed by atoms with Gasteiger partial charge in [0.2, 0.25) is 11.2 Å². The van der Waals surface area contributed by atoms with Crippen molar-refractivity contribution in [2.24, 2.45) is 0 Å². The minimum Gasteiger partial charge on any atom is -0.479 e. The predicted octanol–water partition coefficient (Wildman–Crippen LogP) is 3.61. The van der Waals surface area contributed by atoms with Gasteiger partial charge >= 0.3 is 11.9 Å². The molecule has 1 heterocycles. The molecule has 1 saturated heterocycles. The fourth-order valence-corrected chi connectivity index (χ4v) is 3.54. The van der Waals surface area contributed by atoms with Crippen molar-refractivity contribution >= 4 is 11.9 Å². The molecule has 2 rings (SSSR count). The number of rotatable bonds is 9. The average Bonchev–Trinajstić information content (AvgIpc) is 3.26. The Morgan fingerprint density at radius 3 is 2.52 bits per heavy atom. The molecule has 23 heavy (non-hydrogen) atoms. The van der Waals surface area contributed by atoms with Gasteiger partial charge in [0, 0.05) is 0 Å². The number of aliphatic carboxylic acids is 1. The van der Waals surface area contributed by atoms with Crippen LogP contribution in [0.25, 0.3) is 0 Å². The molecular weight excluding hydrogens is 296 g/mol. The number of unbranched alkanes of at least 4 members (excludes halogenated alkanes) is 2. The SMILES string of the molecule is CCCCCC(CC)(CC)OC(=O)C12C=CCCC1(C(=O)O)O2. The number of carbonyl (C=O) groups is 2. The van der Waals surface area contributed by atoms with Gasteiger partial charge in [0.25, 0.3) is 0 Å². The third-order valence-electron chi connectivity index (χ3n) is 5.39. The molecule has 0 amide bonds. The number of carboxylic acids is 1. The lowest BCUT2D eigenvalue weighted by atomic mass is 9.83. The molecule has 1 aliphatic heterocycles. The van der Waals surface area contributed by atoms with Crippen LogP contribution >= 0.6 is 0 Å². The van der Waals surface area contributed by atoms with Crippen LogP contribution in [-0.2, 0) is 19.1 Å². The van der Waals surface area contributed by atoms with E-state index >= 15 is 0 Å². The van der Waals surface area contributed by atoms with Crippen molar-refractivity contribution in [3.8, 4) is 0 Å². The average molecular weight is 324 g/mol. The van der Waals surface area contributed by atoms with Crippen molar-refractivity contribution in [2.75, 3.05) is 0 Å². The molecule has 0 aromatic rings. The number of ether oxygens (including phenoxy) is 2. The zero-order valence-corrected chi connectivity index (χ0v) is 14.4. The van der Waals surface area contributed by atoms with Crippen LogP contribution in [0.5, 0.6) is 0 Å². The van der Waals surface area contributed by atoms with Crippen molar-refractivity contribution in [2.45, 2.75) is 88.9 Å². The highest BCUT2D eigenvalue weighted by Crippen LogP contribution is 2.56. The van der Waals surface area contributed by atoms with Crippen LogP contribution in [0.15, 0.2) is 12.2 Å². The fraction of sp³-hybridized carbons (Fsp3) is 0.778. The third kappa shape index (κ3) is 2.91. The largest absolute Gasteiger partial charge is 0.479 e. The van der Waals surface area contributed by atoms with Crippen LogP contribution in [0, 0.1) is 0 Å². The fourth-order valence-electron chi connectivity index (χ4n) is 3.54. The lowest BCUT2D eigenvalue weighted by Crippen LogP contribution is -2.45. The highest BCUT2D eigenvalue weighted by Gasteiger charge is 2.80. The summed E-state index contributed by atoms with van der Waals surface area (Å²) in [5.74, 6) is -1.63. The molecule has 0 aromatic heterocycles. The summed E-state index contributed by atoms with van der Waals surface area (Å²) in [6.07, 6.45) is 9.76. The molecule has 5 nitrogen and oxygen atoms in total. The van der Waals surface area contributed by atoms with Crippen LogP contribution in [-0.4, -0.2) is 33.8 Å². The van der Waals surface area contributed by atoms with Crippen molar-refractivity contribution in [1.29, 1.82) is 0 Å². The molecule has 1 fully saturated rings. The molecule has 1 aliphatic carbocycles. The van der Waals surface area contributed by atoms with E-state index in [0.717, 1.165) is 38.5 Å². The zero-order chi connectivity index (χ0) is 17.1. The number of fused-ring (bicyclic) bond motifs is 1. The molecule has 5 heteroatoms. The summed E-state index contributed by atoms with van der Waals surface area (Å²) in [6, 6.07) is 0. The summed E-state index contributed by atoms with van der Waals surface area (Å²) in [6.45, 7) is 6.15. The topological polar surface area (TPSA) is 76.1 Å². The van der Waals surface area contributed by atoms with Crippen molar-refractivity contribution in [3.05, 3.63) is 12.2 Å². The van der Waals surface area contributed by atoms with E-state index in [9.17, 15) is 14.7 Å². The number of allylic oxidation sites excluding steroid dienone is 1. The number of hydrogen-bond donors (Lipinski definition) is 1. The minimum atomic E-state index is -1.42. The van der Waals surface area contributed by atoms with Crippen molar-refractivity contribution in [1.82, 2.24) is 0 Å². The monoisotopic (exact) mass is 324 g/mol. The summed E-state index contributed by atoms with van der Waals surface area (Å²) >= 11 is 0. The van der Waals surface area contributed by atoms with Crippen LogP contribution < -0.4 is 0 Å². The van der Waals surface area contributed by atoms with Gasteiger partial charge in [0.05, 0.1) is 0 Å². The van der Waals surface area contributed by atoms with E-state index in [1.165, 1.54) is 0 Å². The van der Waals surface area contributed by atoms with Crippen molar-refractivity contribution in [3.63, 3.8) is 0 Å². The molecule has 0 spiro atoms. The maximum atomic E-state index is 12.8. The molecule has 0 saturated carbocycles. The molecule has 2 aliphatic rings. The molecule has 0 bridgehead atoms. The maximum Gasteiger partial charge on any atom is 0.346 e. The van der Waals surface area contributed by atoms with Gasteiger partial charge in [-0.2, -0.15) is 0 Å². The van der Waals surface area contributed by atoms with E-state index in [1.54, 1.807) is 6.08 Å². The standard InChI is InChI=1S/C18H28O5/c1-4-7-8-11-16(5-2,6-3)22-15(21)18-13-10-9-12-17(18,23-18)14(19)20/h10,13H,4-9,11-12H2,1-3H3,(H,19,20). The number of carboxylic acid groups (broad SMARTS) is 1. The summed E-state index contributed by atoms with van der Waals surface area (Å²) in [7, 11) is 0. The summed E-state index contributed by atoms with van der Waals surface area (Å²) in [5.41, 5.74) is -3.37. The van der Waals surface area contributed by atoms with Crippen LogP contribution in [0.2, 0.25) is 0 Å². The Morgan fingerprint density at radius 2 is 1.96 bits per heavy atom. The van der Waals surface area contributed by atoms with E-state index in [1.807, 2.05) is 19.9 Å². The Hall–Kier alpha value is -1.36. The number of esters is 1. The van der Waals surface area contributed by atoms with Gasteiger partial charge in [0.15, 0.2) is 0 Å². The lowest BCUT2D eigenvalue weighted by Gasteiger charge is -2.33. The summed E-state index contributed by atoms with van der Waals surface area (Å²) in [5, 5.41) is 9.47. The Morgan fingerprint density at radius 1 is 1.26 bits per heavy atom. The first kappa shape index (κ1) is 18.0. The summed E-state index contributed by atoms with van der Waals surface area (Å²) in [4.78, 5) is 24.4. The van der Waals surface area contributed by atoms with Gasteiger partial charge in [-0.15, -0.1) is 0 Å². The number of epoxide rings is 1. The molecule has 1 N–H and O–H groups in total. The number of hydrogen-bond acceptors (Lipinski definition) is 4. The van der Waals surface area contributed by atoms with E-state index in [-0.39, 0.29) is 0 Å². The Bertz CT molecular complexity index is 494. The Balaban J connectivity index is 2.14. The quantitative estimate of drug-likeness (QED) is 0.303. The molecule has 2 unspecified atom stereocenters. The van der Waals surface area contributed by atoms with E-state index in [4.69, 9.17) is 9.47 Å². The van der Waals surface area contributed by atoms with Gasteiger partial charge in [0.1, 0.15) is 5.60 Å². The second-order valence-electron chi connectivity index (χ2n) is 6.65. The zero-order valence-electron chi connectivity index (χ0n) is 14.4. The second-order valence-corrected chi connectivity index (χ2v) is 6.65. The third-order valence-corrected chi connectivity index (χ3v) is 5.39. The first-order valence-corrected chi connectivity index (χ1v) is 8.76. The highest BCUT2D eigenvalue weighted by molar-refractivity contribution is 5.99. The molecule has 2 atom stereocenters. The molecule has 130 valence electrons. The van der Waals surface area contributed by atoms with E-state index in [0.29, 0.717) is 12.8 Å². The number of carbonyl (C=O) groups excluding carboxylic acids is 1. The molecule has 0 radical (unpaired) electrons. The summed E-state index contributed by atoms with van der Waals surface area (Å²) < 4.78 is 11.3. The predicted molar refractivity (Wildman–Crippen MR) is 86.1 cm³/mol. The van der Waals surface area contributed by atoms with Crippen molar-refractivity contribution < 1.29 is 24.2 Å². The molecule has 0 aromatic carbocycles. The van der Waals surface area contributed by atoms with E-state index < -0.39 is 28.7 Å². The van der Waals surface area contributed by atoms with Crippen LogP contribution in [0.4, 0.5) is 0 Å². The highest BCUT2D eigenvalue weighted by atomic mass is 16.7. The van der Waals surface area contributed by atoms with Crippen LogP contribution in [0.1, 0.15) is 72.1 Å². The smallest absolute Gasteiger partial charge is 0.346 e. The van der Waals surface area contributed by atoms with Gasteiger partial charge in [-0.05, 0) is 44.6 Å². The first-order chi connectivity index (χ1) is 10.9. The minimum absolute atomic E-state index is 0.315. The molecular formula is C18H28O5. The first-order valence-electron chi connectivity index (χ1n) is 8.76. The van der Waals surface area contributed by atoms with Crippen LogP contribution in [0.3, 0.4) is 0 Å². The van der Waals surface area contributed by atoms with Gasteiger partial charge in [-0.25, -0.2) is 9.59 Å².